The van der Waals surface area contributed by atoms with Crippen LogP contribution in [0.1, 0.15) is 32.9 Å². The highest BCUT2D eigenvalue weighted by Gasteiger charge is 2.27. The first-order valence-corrected chi connectivity index (χ1v) is 9.31. The van der Waals surface area contributed by atoms with Crippen molar-refractivity contribution in [2.45, 2.75) is 19.4 Å². The molecule has 0 atom stereocenters. The Morgan fingerprint density at radius 1 is 1.19 bits per heavy atom. The summed E-state index contributed by atoms with van der Waals surface area (Å²) in [5.74, 6) is -0.403. The second-order valence-electron chi connectivity index (χ2n) is 6.51. The fraction of sp³-hybridized carbons (Fsp3) is 0.200. The minimum Gasteiger partial charge on any atom is -0.332 e. The Labute approximate surface area is 165 Å². The Kier molecular flexibility index (Phi) is 4.89. The molecule has 0 saturated carbocycles. The summed E-state index contributed by atoms with van der Waals surface area (Å²) in [5.41, 5.74) is 4.38. The molecular formula is C20H16Cl2FN3O. The molecule has 0 radical (unpaired) electrons. The molecule has 27 heavy (non-hydrogen) atoms. The molecule has 138 valence electrons. The fourth-order valence-corrected chi connectivity index (χ4v) is 3.72. The summed E-state index contributed by atoms with van der Waals surface area (Å²) >= 11 is 12.2. The molecule has 0 aliphatic carbocycles. The number of rotatable bonds is 3. The van der Waals surface area contributed by atoms with Gasteiger partial charge in [0.2, 0.25) is 0 Å². The number of nitrogens with one attached hydrogen (secondary N) is 1. The van der Waals surface area contributed by atoms with E-state index in [-0.39, 0.29) is 16.7 Å². The highest BCUT2D eigenvalue weighted by Crippen LogP contribution is 2.29. The number of aromatic amines is 1. The topological polar surface area (TPSA) is 49.0 Å². The van der Waals surface area contributed by atoms with Crippen molar-refractivity contribution < 1.29 is 9.18 Å². The summed E-state index contributed by atoms with van der Waals surface area (Å²) in [6, 6.07) is 11.5. The molecule has 2 heterocycles. The van der Waals surface area contributed by atoms with Crippen LogP contribution in [-0.4, -0.2) is 27.5 Å². The van der Waals surface area contributed by atoms with Crippen LogP contribution in [0.4, 0.5) is 4.39 Å². The van der Waals surface area contributed by atoms with E-state index in [1.54, 1.807) is 35.2 Å². The van der Waals surface area contributed by atoms with Gasteiger partial charge in [-0.2, -0.15) is 5.10 Å². The lowest BCUT2D eigenvalue weighted by Crippen LogP contribution is -2.36. The maximum atomic E-state index is 13.1. The van der Waals surface area contributed by atoms with Crippen molar-refractivity contribution in [3.63, 3.8) is 0 Å². The standard InChI is InChI=1S/C20H16Cl2FN3O/c21-16-3-1-2-15(19(16)22)20(27)26-9-8-14-17(24-25-18(14)11-26)10-12-4-6-13(23)7-5-12/h1-7H,8-11H2,(H,24,25). The molecule has 1 N–H and O–H groups in total. The molecule has 1 aliphatic rings. The molecule has 0 saturated heterocycles. The van der Waals surface area contributed by atoms with Crippen LogP contribution in [0.3, 0.4) is 0 Å². The summed E-state index contributed by atoms with van der Waals surface area (Å²) in [6.45, 7) is 1.01. The number of hydrogen-bond donors (Lipinski definition) is 1. The first-order chi connectivity index (χ1) is 13.0. The van der Waals surface area contributed by atoms with E-state index in [2.05, 4.69) is 10.2 Å². The number of nitrogens with zero attached hydrogens (tertiary/aromatic N) is 2. The molecular weight excluding hydrogens is 388 g/mol. The van der Waals surface area contributed by atoms with Crippen LogP contribution >= 0.6 is 23.2 Å². The second-order valence-corrected chi connectivity index (χ2v) is 7.29. The molecule has 0 fully saturated rings. The van der Waals surface area contributed by atoms with Crippen LogP contribution in [-0.2, 0) is 19.4 Å². The minimum absolute atomic E-state index is 0.150. The van der Waals surface area contributed by atoms with Gasteiger partial charge >= 0.3 is 0 Å². The lowest BCUT2D eigenvalue weighted by Gasteiger charge is -2.27. The Bertz CT molecular complexity index is 1000. The fourth-order valence-electron chi connectivity index (χ4n) is 3.34. The van der Waals surface area contributed by atoms with E-state index in [0.717, 1.165) is 22.5 Å². The summed E-state index contributed by atoms with van der Waals surface area (Å²) in [7, 11) is 0. The van der Waals surface area contributed by atoms with Gasteiger partial charge < -0.3 is 4.90 Å². The Morgan fingerprint density at radius 3 is 2.74 bits per heavy atom. The minimum atomic E-state index is -0.253. The molecule has 0 unspecified atom stereocenters. The number of halogens is 3. The molecule has 2 aromatic carbocycles. The predicted octanol–water partition coefficient (Wildman–Crippen LogP) is 4.64. The van der Waals surface area contributed by atoms with Gasteiger partial charge in [-0.15, -0.1) is 0 Å². The Morgan fingerprint density at radius 2 is 1.96 bits per heavy atom. The monoisotopic (exact) mass is 403 g/mol. The Hall–Kier alpha value is -2.37. The quantitative estimate of drug-likeness (QED) is 0.691. The normalized spacial score (nSPS) is 13.5. The number of carbonyl (C=O) groups is 1. The zero-order valence-corrected chi connectivity index (χ0v) is 15.8. The SMILES string of the molecule is O=C(c1cccc(Cl)c1Cl)N1CCc2c(Cc3ccc(F)cc3)n[nH]c2C1. The van der Waals surface area contributed by atoms with Gasteiger partial charge in [0.15, 0.2) is 0 Å². The number of H-pyrrole nitrogens is 1. The van der Waals surface area contributed by atoms with Crippen molar-refractivity contribution in [1.82, 2.24) is 15.1 Å². The number of benzene rings is 2. The third kappa shape index (κ3) is 3.57. The van der Waals surface area contributed by atoms with Crippen LogP contribution in [0.25, 0.3) is 0 Å². The zero-order valence-electron chi connectivity index (χ0n) is 14.3. The van der Waals surface area contributed by atoms with E-state index in [1.165, 1.54) is 12.1 Å². The summed E-state index contributed by atoms with van der Waals surface area (Å²) in [6.07, 6.45) is 1.33. The van der Waals surface area contributed by atoms with E-state index < -0.39 is 0 Å². The van der Waals surface area contributed by atoms with Gasteiger partial charge in [0.1, 0.15) is 5.82 Å². The molecule has 7 heteroatoms. The molecule has 0 bridgehead atoms. The number of carbonyl (C=O) groups excluding carboxylic acids is 1. The second kappa shape index (κ2) is 7.33. The molecule has 4 rings (SSSR count). The highest BCUT2D eigenvalue weighted by molar-refractivity contribution is 6.43. The maximum Gasteiger partial charge on any atom is 0.255 e. The summed E-state index contributed by atoms with van der Waals surface area (Å²) < 4.78 is 13.1. The number of aromatic nitrogens is 2. The van der Waals surface area contributed by atoms with Gasteiger partial charge in [-0.1, -0.05) is 41.4 Å². The van der Waals surface area contributed by atoms with Gasteiger partial charge in [0.25, 0.3) is 5.91 Å². The van der Waals surface area contributed by atoms with Crippen molar-refractivity contribution in [1.29, 1.82) is 0 Å². The average Bonchev–Trinajstić information content (AvgIpc) is 3.07. The van der Waals surface area contributed by atoms with Crippen molar-refractivity contribution in [3.8, 4) is 0 Å². The Balaban J connectivity index is 1.52. The van der Waals surface area contributed by atoms with Crippen LogP contribution in [0.5, 0.6) is 0 Å². The molecule has 0 spiro atoms. The lowest BCUT2D eigenvalue weighted by molar-refractivity contribution is 0.0732. The third-order valence-corrected chi connectivity index (χ3v) is 5.59. The number of fused-ring (bicyclic) bond motifs is 1. The highest BCUT2D eigenvalue weighted by atomic mass is 35.5. The summed E-state index contributed by atoms with van der Waals surface area (Å²) in [4.78, 5) is 14.6. The molecule has 3 aromatic rings. The third-order valence-electron chi connectivity index (χ3n) is 4.77. The van der Waals surface area contributed by atoms with Crippen LogP contribution in [0, 0.1) is 5.82 Å². The van der Waals surface area contributed by atoms with Crippen LogP contribution in [0.15, 0.2) is 42.5 Å². The van der Waals surface area contributed by atoms with E-state index in [4.69, 9.17) is 23.2 Å². The molecule has 4 nitrogen and oxygen atoms in total. The van der Waals surface area contributed by atoms with E-state index in [9.17, 15) is 9.18 Å². The first-order valence-electron chi connectivity index (χ1n) is 8.55. The largest absolute Gasteiger partial charge is 0.332 e. The lowest BCUT2D eigenvalue weighted by atomic mass is 9.99. The average molecular weight is 404 g/mol. The van der Waals surface area contributed by atoms with E-state index in [0.29, 0.717) is 36.5 Å². The molecule has 1 amide bonds. The van der Waals surface area contributed by atoms with E-state index in [1.807, 2.05) is 0 Å². The van der Waals surface area contributed by atoms with Crippen molar-refractivity contribution >= 4 is 29.1 Å². The number of amides is 1. The summed E-state index contributed by atoms with van der Waals surface area (Å²) in [5, 5.41) is 8.09. The molecule has 1 aliphatic heterocycles. The van der Waals surface area contributed by atoms with Crippen molar-refractivity contribution in [3.05, 3.63) is 86.4 Å². The number of hydrogen-bond acceptors (Lipinski definition) is 2. The smallest absolute Gasteiger partial charge is 0.255 e. The zero-order chi connectivity index (χ0) is 19.0. The van der Waals surface area contributed by atoms with Crippen molar-refractivity contribution in [2.75, 3.05) is 6.54 Å². The van der Waals surface area contributed by atoms with Gasteiger partial charge in [-0.25, -0.2) is 4.39 Å². The predicted molar refractivity (Wildman–Crippen MR) is 103 cm³/mol. The van der Waals surface area contributed by atoms with Gasteiger partial charge in [0.05, 0.1) is 33.5 Å². The maximum absolute atomic E-state index is 13.1. The van der Waals surface area contributed by atoms with Crippen LogP contribution in [0.2, 0.25) is 10.0 Å². The van der Waals surface area contributed by atoms with Gasteiger partial charge in [-0.05, 0) is 36.2 Å². The van der Waals surface area contributed by atoms with Crippen molar-refractivity contribution in [2.24, 2.45) is 0 Å². The van der Waals surface area contributed by atoms with Gasteiger partial charge in [0, 0.05) is 18.5 Å². The van der Waals surface area contributed by atoms with E-state index >= 15 is 0 Å². The van der Waals surface area contributed by atoms with Crippen LogP contribution < -0.4 is 0 Å². The first kappa shape index (κ1) is 18.0. The molecule has 1 aromatic heterocycles. The van der Waals surface area contributed by atoms with Gasteiger partial charge in [-0.3, -0.25) is 9.89 Å².